The van der Waals surface area contributed by atoms with Gasteiger partial charge in [0.2, 0.25) is 10.0 Å². The SMILES string of the molecule is CCCCCN(Cc1ccc(F)cc1)S(=O)(=O)Cc1ccon1. The predicted octanol–water partition coefficient (Wildman–Crippen LogP) is 3.34. The number of rotatable bonds is 9. The Morgan fingerprint density at radius 3 is 2.52 bits per heavy atom. The minimum Gasteiger partial charge on any atom is -0.364 e. The highest BCUT2D eigenvalue weighted by Crippen LogP contribution is 2.16. The third kappa shape index (κ3) is 5.44. The Hall–Kier alpha value is -1.73. The minimum absolute atomic E-state index is 0.198. The van der Waals surface area contributed by atoms with E-state index in [1.807, 2.05) is 0 Å². The van der Waals surface area contributed by atoms with Crippen LogP contribution < -0.4 is 0 Å². The standard InChI is InChI=1S/C16H21FN2O3S/c1-2-3-4-10-19(12-14-5-7-15(17)8-6-14)23(20,21)13-16-9-11-22-18-16/h5-9,11H,2-4,10,12-13H2,1H3. The number of hydrogen-bond acceptors (Lipinski definition) is 4. The van der Waals surface area contributed by atoms with Crippen LogP contribution in [0.2, 0.25) is 0 Å². The Bertz CT molecular complexity index is 685. The van der Waals surface area contributed by atoms with Crippen molar-refractivity contribution < 1.29 is 17.3 Å². The Balaban J connectivity index is 2.13. The molecule has 0 aliphatic rings. The lowest BCUT2D eigenvalue weighted by atomic mass is 10.2. The number of aromatic nitrogens is 1. The number of unbranched alkanes of at least 4 members (excludes halogenated alkanes) is 2. The minimum atomic E-state index is -3.52. The van der Waals surface area contributed by atoms with Crippen LogP contribution in [0, 0.1) is 5.82 Å². The monoisotopic (exact) mass is 340 g/mol. The van der Waals surface area contributed by atoms with E-state index in [4.69, 9.17) is 4.52 Å². The first-order valence-electron chi connectivity index (χ1n) is 7.63. The van der Waals surface area contributed by atoms with Gasteiger partial charge >= 0.3 is 0 Å². The van der Waals surface area contributed by atoms with Crippen LogP contribution in [-0.4, -0.2) is 24.4 Å². The van der Waals surface area contributed by atoms with Gasteiger partial charge < -0.3 is 4.52 Å². The van der Waals surface area contributed by atoms with Crippen LogP contribution in [0.4, 0.5) is 4.39 Å². The van der Waals surface area contributed by atoms with Crippen LogP contribution in [0.25, 0.3) is 0 Å². The highest BCUT2D eigenvalue weighted by molar-refractivity contribution is 7.88. The van der Waals surface area contributed by atoms with Gasteiger partial charge in [-0.05, 0) is 24.1 Å². The third-order valence-corrected chi connectivity index (χ3v) is 5.26. The molecule has 0 amide bonds. The van der Waals surface area contributed by atoms with Gasteiger partial charge in [-0.25, -0.2) is 12.8 Å². The Morgan fingerprint density at radius 1 is 1.17 bits per heavy atom. The zero-order valence-corrected chi connectivity index (χ0v) is 13.9. The normalized spacial score (nSPS) is 12.0. The summed E-state index contributed by atoms with van der Waals surface area (Å²) < 4.78 is 44.4. The summed E-state index contributed by atoms with van der Waals surface area (Å²) in [5.41, 5.74) is 1.14. The molecule has 0 aliphatic heterocycles. The van der Waals surface area contributed by atoms with Crippen molar-refractivity contribution in [2.75, 3.05) is 6.54 Å². The maximum absolute atomic E-state index is 13.0. The molecule has 0 fully saturated rings. The molecule has 5 nitrogen and oxygen atoms in total. The second-order valence-corrected chi connectivity index (χ2v) is 7.38. The fourth-order valence-electron chi connectivity index (χ4n) is 2.24. The summed E-state index contributed by atoms with van der Waals surface area (Å²) in [4.78, 5) is 0. The lowest BCUT2D eigenvalue weighted by molar-refractivity contribution is 0.389. The summed E-state index contributed by atoms with van der Waals surface area (Å²) in [6, 6.07) is 7.43. The Labute approximate surface area is 136 Å². The number of nitrogens with zero attached hydrogens (tertiary/aromatic N) is 2. The van der Waals surface area contributed by atoms with Gasteiger partial charge in [-0.3, -0.25) is 0 Å². The van der Waals surface area contributed by atoms with Crippen LogP contribution in [0.1, 0.15) is 37.4 Å². The van der Waals surface area contributed by atoms with E-state index in [1.54, 1.807) is 18.2 Å². The van der Waals surface area contributed by atoms with Crippen LogP contribution in [0.3, 0.4) is 0 Å². The number of sulfonamides is 1. The van der Waals surface area contributed by atoms with E-state index in [0.717, 1.165) is 24.8 Å². The highest BCUT2D eigenvalue weighted by Gasteiger charge is 2.23. The van der Waals surface area contributed by atoms with Crippen LogP contribution in [0.5, 0.6) is 0 Å². The molecule has 7 heteroatoms. The average molecular weight is 340 g/mol. The molecular formula is C16H21FN2O3S. The van der Waals surface area contributed by atoms with Gasteiger partial charge in [0.05, 0.1) is 5.69 Å². The molecule has 126 valence electrons. The van der Waals surface area contributed by atoms with E-state index >= 15 is 0 Å². The maximum atomic E-state index is 13.0. The van der Waals surface area contributed by atoms with E-state index in [2.05, 4.69) is 12.1 Å². The first-order chi connectivity index (χ1) is 11.0. The summed E-state index contributed by atoms with van der Waals surface area (Å²) in [7, 11) is -3.52. The number of benzene rings is 1. The molecule has 0 saturated heterocycles. The quantitative estimate of drug-likeness (QED) is 0.657. The molecule has 23 heavy (non-hydrogen) atoms. The first-order valence-corrected chi connectivity index (χ1v) is 9.23. The molecule has 2 aromatic rings. The third-order valence-electron chi connectivity index (χ3n) is 3.50. The van der Waals surface area contributed by atoms with Gasteiger partial charge in [0.15, 0.2) is 0 Å². The molecule has 0 N–H and O–H groups in total. The summed E-state index contributed by atoms with van der Waals surface area (Å²) in [6.45, 7) is 2.73. The van der Waals surface area contributed by atoms with E-state index < -0.39 is 10.0 Å². The molecule has 0 bridgehead atoms. The van der Waals surface area contributed by atoms with E-state index in [1.165, 1.54) is 22.7 Å². The Morgan fingerprint density at radius 2 is 1.91 bits per heavy atom. The van der Waals surface area contributed by atoms with Crippen molar-refractivity contribution >= 4 is 10.0 Å². The molecule has 1 heterocycles. The summed E-state index contributed by atoms with van der Waals surface area (Å²) >= 11 is 0. The maximum Gasteiger partial charge on any atom is 0.220 e. The molecular weight excluding hydrogens is 319 g/mol. The molecule has 1 aromatic heterocycles. The molecule has 1 aromatic carbocycles. The lowest BCUT2D eigenvalue weighted by Gasteiger charge is -2.22. The fourth-order valence-corrected chi connectivity index (χ4v) is 3.70. The average Bonchev–Trinajstić information content (AvgIpc) is 3.00. The van der Waals surface area contributed by atoms with E-state index in [0.29, 0.717) is 12.2 Å². The van der Waals surface area contributed by atoms with Crippen molar-refractivity contribution in [3.63, 3.8) is 0 Å². The van der Waals surface area contributed by atoms with Gasteiger partial charge in [0.25, 0.3) is 0 Å². The van der Waals surface area contributed by atoms with Gasteiger partial charge in [-0.1, -0.05) is 37.1 Å². The van der Waals surface area contributed by atoms with Crippen molar-refractivity contribution in [3.8, 4) is 0 Å². The first kappa shape index (κ1) is 17.6. The number of hydrogen-bond donors (Lipinski definition) is 0. The highest BCUT2D eigenvalue weighted by atomic mass is 32.2. The fraction of sp³-hybridized carbons (Fsp3) is 0.438. The molecule has 0 atom stereocenters. The van der Waals surface area contributed by atoms with Crippen LogP contribution >= 0.6 is 0 Å². The van der Waals surface area contributed by atoms with Crippen molar-refractivity contribution in [2.45, 2.75) is 38.5 Å². The predicted molar refractivity (Wildman–Crippen MR) is 85.5 cm³/mol. The largest absolute Gasteiger partial charge is 0.364 e. The molecule has 2 rings (SSSR count). The van der Waals surface area contributed by atoms with Gasteiger partial charge in [0.1, 0.15) is 17.8 Å². The second-order valence-electron chi connectivity index (χ2n) is 5.41. The van der Waals surface area contributed by atoms with Crippen LogP contribution in [-0.2, 0) is 22.3 Å². The topological polar surface area (TPSA) is 63.4 Å². The summed E-state index contributed by atoms with van der Waals surface area (Å²) in [5, 5.41) is 3.67. The van der Waals surface area contributed by atoms with Gasteiger partial charge in [-0.2, -0.15) is 4.31 Å². The molecule has 0 saturated carbocycles. The zero-order valence-electron chi connectivity index (χ0n) is 13.1. The lowest BCUT2D eigenvalue weighted by Crippen LogP contribution is -2.32. The molecule has 0 spiro atoms. The van der Waals surface area contributed by atoms with Crippen molar-refractivity contribution in [1.29, 1.82) is 0 Å². The summed E-state index contributed by atoms with van der Waals surface area (Å²) in [5.74, 6) is -0.534. The molecule has 0 radical (unpaired) electrons. The molecule has 0 unspecified atom stereocenters. The van der Waals surface area contributed by atoms with Gasteiger partial charge in [0, 0.05) is 19.2 Å². The Kier molecular flexibility index (Phi) is 6.29. The van der Waals surface area contributed by atoms with Crippen LogP contribution in [0.15, 0.2) is 41.1 Å². The van der Waals surface area contributed by atoms with Gasteiger partial charge in [-0.15, -0.1) is 0 Å². The summed E-state index contributed by atoms with van der Waals surface area (Å²) in [6.07, 6.45) is 4.11. The van der Waals surface area contributed by atoms with Crippen molar-refractivity contribution in [2.24, 2.45) is 0 Å². The zero-order chi connectivity index (χ0) is 16.7. The van der Waals surface area contributed by atoms with E-state index in [-0.39, 0.29) is 18.1 Å². The second kappa shape index (κ2) is 8.21. The molecule has 0 aliphatic carbocycles. The number of halogens is 1. The smallest absolute Gasteiger partial charge is 0.220 e. The van der Waals surface area contributed by atoms with Crippen molar-refractivity contribution in [3.05, 3.63) is 53.7 Å². The van der Waals surface area contributed by atoms with E-state index in [9.17, 15) is 12.8 Å². The van der Waals surface area contributed by atoms with Crippen molar-refractivity contribution in [1.82, 2.24) is 9.46 Å².